The topological polar surface area (TPSA) is 105 Å². The van der Waals surface area contributed by atoms with Crippen molar-refractivity contribution >= 4 is 40.2 Å². The van der Waals surface area contributed by atoms with E-state index in [1.165, 1.54) is 13.8 Å². The van der Waals surface area contributed by atoms with Crippen LogP contribution in [-0.4, -0.2) is 52.6 Å². The summed E-state index contributed by atoms with van der Waals surface area (Å²) in [6.07, 6.45) is 0.369. The monoisotopic (exact) mass is 579 g/mol. The van der Waals surface area contributed by atoms with Gasteiger partial charge < -0.3 is 24.5 Å². The summed E-state index contributed by atoms with van der Waals surface area (Å²) >= 11 is 3.46. The number of nitrogens with zero attached hydrogens (tertiary/aromatic N) is 2. The van der Waals surface area contributed by atoms with Crippen LogP contribution in [0.5, 0.6) is 5.75 Å². The molecule has 0 saturated heterocycles. The van der Waals surface area contributed by atoms with Crippen molar-refractivity contribution in [2.45, 2.75) is 45.4 Å². The molecule has 1 unspecified atom stereocenters. The number of carboxylic acids is 1. The van der Waals surface area contributed by atoms with Crippen LogP contribution < -0.4 is 10.1 Å². The number of rotatable bonds is 10. The van der Waals surface area contributed by atoms with Gasteiger partial charge in [-0.1, -0.05) is 34.1 Å². The quantitative estimate of drug-likeness (QED) is 0.353. The largest absolute Gasteiger partial charge is 0.478 e. The molecule has 0 bridgehead atoms. The zero-order chi connectivity index (χ0) is 25.8. The SMILES string of the molecule is Cc1oc(-c2cccc(Br)c2)nc1CC(NCc1ccc(OC(C)(C)C(=O)O)cc1)C(=O)N(C)C.Cl. The molecule has 3 rings (SSSR count). The fourth-order valence-corrected chi connectivity index (χ4v) is 3.77. The average Bonchev–Trinajstić information content (AvgIpc) is 3.17. The number of aryl methyl sites for hydroxylation is 1. The van der Waals surface area contributed by atoms with Crippen LogP contribution in [0.2, 0.25) is 0 Å². The third-order valence-electron chi connectivity index (χ3n) is 5.46. The van der Waals surface area contributed by atoms with E-state index in [4.69, 9.17) is 9.15 Å². The summed E-state index contributed by atoms with van der Waals surface area (Å²) < 4.78 is 12.4. The Morgan fingerprint density at radius 2 is 1.86 bits per heavy atom. The Hall–Kier alpha value is -2.88. The van der Waals surface area contributed by atoms with E-state index >= 15 is 0 Å². The fraction of sp³-hybridized carbons (Fsp3) is 0.346. The summed E-state index contributed by atoms with van der Waals surface area (Å²) in [5.74, 6) is 0.523. The summed E-state index contributed by atoms with van der Waals surface area (Å²) in [6.45, 7) is 5.27. The van der Waals surface area contributed by atoms with Crippen molar-refractivity contribution in [3.8, 4) is 17.2 Å². The maximum atomic E-state index is 12.9. The Balaban J connectivity index is 0.00000456. The first-order valence-electron chi connectivity index (χ1n) is 11.1. The number of ether oxygens (including phenoxy) is 1. The number of oxazole rings is 1. The molecular weight excluding hydrogens is 550 g/mol. The number of hydrogen-bond acceptors (Lipinski definition) is 6. The van der Waals surface area contributed by atoms with Gasteiger partial charge in [-0.2, -0.15) is 0 Å². The first kappa shape index (κ1) is 29.4. The first-order valence-corrected chi connectivity index (χ1v) is 11.9. The molecule has 2 aromatic carbocycles. The van der Waals surface area contributed by atoms with Gasteiger partial charge in [0.05, 0.1) is 11.7 Å². The van der Waals surface area contributed by atoms with Crippen LogP contribution in [0.4, 0.5) is 0 Å². The molecule has 1 heterocycles. The van der Waals surface area contributed by atoms with Crippen LogP contribution >= 0.6 is 28.3 Å². The normalized spacial score (nSPS) is 11.9. The van der Waals surface area contributed by atoms with E-state index in [1.54, 1.807) is 31.1 Å². The van der Waals surface area contributed by atoms with Crippen LogP contribution in [0, 0.1) is 6.92 Å². The lowest BCUT2D eigenvalue weighted by atomic mass is 10.1. The van der Waals surface area contributed by atoms with Crippen molar-refractivity contribution in [2.75, 3.05) is 14.1 Å². The number of halogens is 2. The molecule has 0 saturated carbocycles. The van der Waals surface area contributed by atoms with Gasteiger partial charge in [-0.25, -0.2) is 9.78 Å². The molecule has 0 spiro atoms. The van der Waals surface area contributed by atoms with Gasteiger partial charge in [-0.3, -0.25) is 4.79 Å². The molecule has 10 heteroatoms. The molecular formula is C26H31BrClN3O5. The second-order valence-electron chi connectivity index (χ2n) is 8.96. The minimum Gasteiger partial charge on any atom is -0.478 e. The van der Waals surface area contributed by atoms with Crippen molar-refractivity contribution in [2.24, 2.45) is 0 Å². The number of amides is 1. The van der Waals surface area contributed by atoms with Crippen LogP contribution in [-0.2, 0) is 22.6 Å². The van der Waals surface area contributed by atoms with Crippen molar-refractivity contribution in [3.05, 3.63) is 70.0 Å². The molecule has 36 heavy (non-hydrogen) atoms. The number of carboxylic acid groups (broad SMARTS) is 1. The van der Waals surface area contributed by atoms with E-state index in [2.05, 4.69) is 26.2 Å². The average molecular weight is 581 g/mol. The van der Waals surface area contributed by atoms with Gasteiger partial charge in [-0.15, -0.1) is 12.4 Å². The van der Waals surface area contributed by atoms with E-state index in [9.17, 15) is 14.7 Å². The van der Waals surface area contributed by atoms with E-state index in [0.29, 0.717) is 36.1 Å². The lowest BCUT2D eigenvalue weighted by molar-refractivity contribution is -0.152. The molecule has 1 atom stereocenters. The van der Waals surface area contributed by atoms with Crippen molar-refractivity contribution in [3.63, 3.8) is 0 Å². The van der Waals surface area contributed by atoms with E-state index in [0.717, 1.165) is 15.6 Å². The number of aliphatic carboxylic acids is 1. The smallest absolute Gasteiger partial charge is 0.347 e. The number of aromatic nitrogens is 1. The third-order valence-corrected chi connectivity index (χ3v) is 5.96. The molecule has 1 amide bonds. The highest BCUT2D eigenvalue weighted by Gasteiger charge is 2.29. The predicted molar refractivity (Wildman–Crippen MR) is 143 cm³/mol. The summed E-state index contributed by atoms with van der Waals surface area (Å²) in [5, 5.41) is 12.6. The maximum Gasteiger partial charge on any atom is 0.347 e. The molecule has 8 nitrogen and oxygen atoms in total. The number of hydrogen-bond donors (Lipinski definition) is 2. The van der Waals surface area contributed by atoms with Gasteiger partial charge in [-0.05, 0) is 56.7 Å². The second-order valence-corrected chi connectivity index (χ2v) is 9.88. The number of benzene rings is 2. The van der Waals surface area contributed by atoms with Crippen LogP contribution in [0.3, 0.4) is 0 Å². The van der Waals surface area contributed by atoms with Gasteiger partial charge in [0.15, 0.2) is 5.60 Å². The molecule has 194 valence electrons. The number of likely N-dealkylation sites (N-methyl/N-ethyl adjacent to an activating group) is 1. The van der Waals surface area contributed by atoms with E-state index < -0.39 is 17.6 Å². The van der Waals surface area contributed by atoms with Crippen molar-refractivity contribution < 1.29 is 23.8 Å². The number of carbonyl (C=O) groups is 2. The number of carbonyl (C=O) groups excluding carboxylic acids is 1. The minimum atomic E-state index is -1.33. The zero-order valence-corrected chi connectivity index (χ0v) is 23.3. The molecule has 3 aromatic rings. The summed E-state index contributed by atoms with van der Waals surface area (Å²) in [6, 6.07) is 14.3. The lowest BCUT2D eigenvalue weighted by Gasteiger charge is -2.22. The van der Waals surface area contributed by atoms with Gasteiger partial charge in [0.1, 0.15) is 11.5 Å². The molecule has 0 fully saturated rings. The Labute approximate surface area is 225 Å². The Morgan fingerprint density at radius 3 is 2.44 bits per heavy atom. The highest BCUT2D eigenvalue weighted by molar-refractivity contribution is 9.10. The Bertz CT molecular complexity index is 1190. The van der Waals surface area contributed by atoms with Crippen molar-refractivity contribution in [1.29, 1.82) is 0 Å². The van der Waals surface area contributed by atoms with Crippen LogP contribution in [0.25, 0.3) is 11.5 Å². The zero-order valence-electron chi connectivity index (χ0n) is 20.9. The van der Waals surface area contributed by atoms with Gasteiger partial charge in [0.25, 0.3) is 0 Å². The van der Waals surface area contributed by atoms with Crippen LogP contribution in [0.15, 0.2) is 57.4 Å². The maximum absolute atomic E-state index is 12.9. The van der Waals surface area contributed by atoms with Crippen LogP contribution in [0.1, 0.15) is 30.9 Å². The highest BCUT2D eigenvalue weighted by Crippen LogP contribution is 2.25. The van der Waals surface area contributed by atoms with Gasteiger partial charge in [0, 0.05) is 37.1 Å². The second kappa shape index (κ2) is 12.4. The van der Waals surface area contributed by atoms with Gasteiger partial charge in [0.2, 0.25) is 11.8 Å². The number of nitrogens with one attached hydrogen (secondary N) is 1. The highest BCUT2D eigenvalue weighted by atomic mass is 79.9. The van der Waals surface area contributed by atoms with E-state index in [1.807, 2.05) is 43.3 Å². The minimum absolute atomic E-state index is 0. The lowest BCUT2D eigenvalue weighted by Crippen LogP contribution is -2.44. The van der Waals surface area contributed by atoms with Gasteiger partial charge >= 0.3 is 5.97 Å². The Kier molecular flexibility index (Phi) is 10.1. The first-order chi connectivity index (χ1) is 16.5. The van der Waals surface area contributed by atoms with Crippen molar-refractivity contribution in [1.82, 2.24) is 15.2 Å². The molecule has 1 aromatic heterocycles. The molecule has 0 aliphatic heterocycles. The Morgan fingerprint density at radius 1 is 1.19 bits per heavy atom. The summed E-state index contributed by atoms with van der Waals surface area (Å²) in [5.41, 5.74) is 1.17. The summed E-state index contributed by atoms with van der Waals surface area (Å²) in [7, 11) is 3.44. The third kappa shape index (κ3) is 7.56. The summed E-state index contributed by atoms with van der Waals surface area (Å²) in [4.78, 5) is 30.4. The molecule has 0 aliphatic rings. The predicted octanol–water partition coefficient (Wildman–Crippen LogP) is 4.87. The fourth-order valence-electron chi connectivity index (χ4n) is 3.37. The molecule has 2 N–H and O–H groups in total. The molecule has 0 aliphatic carbocycles. The standard InChI is InChI=1S/C26H30BrN3O5.ClH/c1-16-21(29-23(34-16)18-7-6-8-19(27)13-18)14-22(24(31)30(4)5)28-15-17-9-11-20(12-10-17)35-26(2,3)25(32)33;/h6-13,22,28H,14-15H2,1-5H3,(H,32,33);1H. The van der Waals surface area contributed by atoms with E-state index in [-0.39, 0.29) is 18.3 Å². The molecule has 0 radical (unpaired) electrons.